The zero-order valence-electron chi connectivity index (χ0n) is 15.2. The molecule has 26 heavy (non-hydrogen) atoms. The largest absolute Gasteiger partial charge is 0.375 e. The lowest BCUT2D eigenvalue weighted by Crippen LogP contribution is -2.32. The lowest BCUT2D eigenvalue weighted by Gasteiger charge is -2.22. The van der Waals surface area contributed by atoms with E-state index in [1.165, 1.54) is 0 Å². The van der Waals surface area contributed by atoms with Gasteiger partial charge in [-0.15, -0.1) is 0 Å². The summed E-state index contributed by atoms with van der Waals surface area (Å²) in [5, 5.41) is 0. The number of fused-ring (bicyclic) bond motifs is 1. The second-order valence-electron chi connectivity index (χ2n) is 6.62. The second-order valence-corrected chi connectivity index (χ2v) is 8.70. The molecule has 0 N–H and O–H groups in total. The topological polar surface area (TPSA) is 57.7 Å². The normalized spacial score (nSPS) is 15.8. The quantitative estimate of drug-likeness (QED) is 0.828. The first-order chi connectivity index (χ1) is 12.4. The molecule has 0 atom stereocenters. The molecular weight excluding hydrogens is 348 g/mol. The van der Waals surface area contributed by atoms with E-state index in [-0.39, 0.29) is 18.2 Å². The van der Waals surface area contributed by atoms with Gasteiger partial charge in [-0.05, 0) is 42.3 Å². The highest BCUT2D eigenvalue weighted by atomic mass is 32.2. The maximum atomic E-state index is 12.9. The van der Waals surface area contributed by atoms with Crippen molar-refractivity contribution in [2.75, 3.05) is 30.8 Å². The second kappa shape index (κ2) is 7.50. The lowest BCUT2D eigenvalue weighted by molar-refractivity contribution is 0.0754. The van der Waals surface area contributed by atoms with Gasteiger partial charge in [-0.3, -0.25) is 4.79 Å². The fourth-order valence-corrected chi connectivity index (χ4v) is 4.74. The third kappa shape index (κ3) is 3.75. The van der Waals surface area contributed by atoms with Gasteiger partial charge in [-0.25, -0.2) is 8.42 Å². The standard InChI is InChI=1S/C20H24N2O3S/c1-3-12-21(2)18-10-8-16(9-11-18)20(23)22-13-14-26(24,25)19-7-5-4-6-17(19)15-22/h4-11H,3,12-15H2,1-2H3. The van der Waals surface area contributed by atoms with Crippen LogP contribution in [0.5, 0.6) is 0 Å². The van der Waals surface area contributed by atoms with E-state index in [0.717, 1.165) is 18.7 Å². The van der Waals surface area contributed by atoms with Gasteiger partial charge in [-0.1, -0.05) is 25.1 Å². The number of carbonyl (C=O) groups is 1. The maximum Gasteiger partial charge on any atom is 0.254 e. The highest BCUT2D eigenvalue weighted by molar-refractivity contribution is 7.91. The Morgan fingerprint density at radius 3 is 2.50 bits per heavy atom. The van der Waals surface area contributed by atoms with Gasteiger partial charge >= 0.3 is 0 Å². The third-order valence-electron chi connectivity index (χ3n) is 4.70. The molecule has 1 aliphatic rings. The molecule has 0 fully saturated rings. The average Bonchev–Trinajstić information content (AvgIpc) is 2.78. The van der Waals surface area contributed by atoms with Crippen LogP contribution >= 0.6 is 0 Å². The molecule has 0 unspecified atom stereocenters. The van der Waals surface area contributed by atoms with E-state index in [1.807, 2.05) is 31.3 Å². The van der Waals surface area contributed by atoms with Crippen LogP contribution in [0.2, 0.25) is 0 Å². The minimum Gasteiger partial charge on any atom is -0.375 e. The van der Waals surface area contributed by atoms with Crippen LogP contribution in [0.25, 0.3) is 0 Å². The van der Waals surface area contributed by atoms with Crippen LogP contribution in [0.4, 0.5) is 5.69 Å². The Morgan fingerprint density at radius 1 is 1.12 bits per heavy atom. The number of sulfone groups is 1. The molecular formula is C20H24N2O3S. The van der Waals surface area contributed by atoms with E-state index in [4.69, 9.17) is 0 Å². The van der Waals surface area contributed by atoms with Crippen molar-refractivity contribution in [1.82, 2.24) is 4.90 Å². The van der Waals surface area contributed by atoms with Crippen molar-refractivity contribution < 1.29 is 13.2 Å². The van der Waals surface area contributed by atoms with Gasteiger partial charge in [0, 0.05) is 37.9 Å². The van der Waals surface area contributed by atoms with Crippen LogP contribution in [0.1, 0.15) is 29.3 Å². The molecule has 0 saturated heterocycles. The van der Waals surface area contributed by atoms with E-state index in [9.17, 15) is 13.2 Å². The highest BCUT2D eigenvalue weighted by Gasteiger charge is 2.27. The number of rotatable bonds is 4. The smallest absolute Gasteiger partial charge is 0.254 e. The van der Waals surface area contributed by atoms with Crippen molar-refractivity contribution in [3.63, 3.8) is 0 Å². The summed E-state index contributed by atoms with van der Waals surface area (Å²) >= 11 is 0. The predicted octanol–water partition coefficient (Wildman–Crippen LogP) is 2.96. The molecule has 0 saturated carbocycles. The number of hydrogen-bond donors (Lipinski definition) is 0. The Balaban J connectivity index is 1.82. The monoisotopic (exact) mass is 372 g/mol. The minimum atomic E-state index is -3.35. The molecule has 0 aliphatic carbocycles. The van der Waals surface area contributed by atoms with E-state index >= 15 is 0 Å². The van der Waals surface area contributed by atoms with Crippen LogP contribution in [0, 0.1) is 0 Å². The predicted molar refractivity (Wildman–Crippen MR) is 103 cm³/mol. The Morgan fingerprint density at radius 2 is 1.81 bits per heavy atom. The first kappa shape index (κ1) is 18.5. The summed E-state index contributed by atoms with van der Waals surface area (Å²) < 4.78 is 24.9. The van der Waals surface area contributed by atoms with E-state index < -0.39 is 9.84 Å². The molecule has 5 nitrogen and oxygen atoms in total. The van der Waals surface area contributed by atoms with Crippen molar-refractivity contribution in [1.29, 1.82) is 0 Å². The summed E-state index contributed by atoms with van der Waals surface area (Å²) in [6, 6.07) is 14.4. The van der Waals surface area contributed by atoms with Crippen molar-refractivity contribution >= 4 is 21.4 Å². The maximum absolute atomic E-state index is 12.9. The van der Waals surface area contributed by atoms with Gasteiger partial charge in [0.15, 0.2) is 9.84 Å². The van der Waals surface area contributed by atoms with E-state index in [1.54, 1.807) is 29.2 Å². The molecule has 1 aliphatic heterocycles. The summed E-state index contributed by atoms with van der Waals surface area (Å²) in [5.41, 5.74) is 2.32. The van der Waals surface area contributed by atoms with Crippen molar-refractivity contribution in [2.24, 2.45) is 0 Å². The summed E-state index contributed by atoms with van der Waals surface area (Å²) in [6.45, 7) is 3.59. The molecule has 2 aromatic carbocycles. The van der Waals surface area contributed by atoms with Crippen LogP contribution in [-0.2, 0) is 16.4 Å². The molecule has 2 aromatic rings. The van der Waals surface area contributed by atoms with Gasteiger partial charge in [0.25, 0.3) is 5.91 Å². The van der Waals surface area contributed by atoms with E-state index in [0.29, 0.717) is 22.6 Å². The molecule has 1 heterocycles. The first-order valence-electron chi connectivity index (χ1n) is 8.83. The van der Waals surface area contributed by atoms with Crippen molar-refractivity contribution in [2.45, 2.75) is 24.8 Å². The van der Waals surface area contributed by atoms with E-state index in [2.05, 4.69) is 11.8 Å². The number of hydrogen-bond acceptors (Lipinski definition) is 4. The highest BCUT2D eigenvalue weighted by Crippen LogP contribution is 2.24. The zero-order valence-corrected chi connectivity index (χ0v) is 16.0. The number of amides is 1. The minimum absolute atomic E-state index is 0.0485. The summed E-state index contributed by atoms with van der Waals surface area (Å²) in [5.74, 6) is -0.186. The Hall–Kier alpha value is -2.34. The van der Waals surface area contributed by atoms with Crippen LogP contribution in [-0.4, -0.2) is 45.1 Å². The van der Waals surface area contributed by atoms with Crippen LogP contribution in [0.15, 0.2) is 53.4 Å². The fraction of sp³-hybridized carbons (Fsp3) is 0.350. The third-order valence-corrected chi connectivity index (χ3v) is 6.49. The fourth-order valence-electron chi connectivity index (χ4n) is 3.24. The summed E-state index contributed by atoms with van der Waals surface area (Å²) in [4.78, 5) is 17.0. The van der Waals surface area contributed by atoms with Crippen molar-refractivity contribution in [3.8, 4) is 0 Å². The van der Waals surface area contributed by atoms with Crippen LogP contribution in [0.3, 0.4) is 0 Å². The number of benzene rings is 2. The molecule has 3 rings (SSSR count). The van der Waals surface area contributed by atoms with Gasteiger partial charge in [0.05, 0.1) is 10.6 Å². The van der Waals surface area contributed by atoms with Gasteiger partial charge in [0.2, 0.25) is 0 Å². The van der Waals surface area contributed by atoms with Gasteiger partial charge < -0.3 is 9.80 Å². The molecule has 0 bridgehead atoms. The Labute approximate surface area is 155 Å². The Kier molecular flexibility index (Phi) is 5.32. The average molecular weight is 372 g/mol. The van der Waals surface area contributed by atoms with Gasteiger partial charge in [-0.2, -0.15) is 0 Å². The first-order valence-corrected chi connectivity index (χ1v) is 10.5. The zero-order chi connectivity index (χ0) is 18.7. The molecule has 0 spiro atoms. The number of nitrogens with zero attached hydrogens (tertiary/aromatic N) is 2. The molecule has 1 amide bonds. The summed E-state index contributed by atoms with van der Waals surface area (Å²) in [6.07, 6.45) is 1.05. The van der Waals surface area contributed by atoms with Crippen molar-refractivity contribution in [3.05, 3.63) is 59.7 Å². The number of carbonyl (C=O) groups excluding carboxylic acids is 1. The Bertz CT molecular complexity index is 892. The number of anilines is 1. The van der Waals surface area contributed by atoms with Crippen LogP contribution < -0.4 is 4.90 Å². The molecule has 6 heteroatoms. The molecule has 138 valence electrons. The SMILES string of the molecule is CCCN(C)c1ccc(C(=O)N2CCS(=O)(=O)c3ccccc3C2)cc1. The summed E-state index contributed by atoms with van der Waals surface area (Å²) in [7, 11) is -1.33. The lowest BCUT2D eigenvalue weighted by atomic mass is 10.1. The molecule has 0 aromatic heterocycles. The molecule has 0 radical (unpaired) electrons. The van der Waals surface area contributed by atoms with Gasteiger partial charge in [0.1, 0.15) is 0 Å².